The normalized spacial score (nSPS) is 10.5. The number of hydrogen-bond donors (Lipinski definition) is 2. The highest BCUT2D eigenvalue weighted by Gasteiger charge is 2.02. The van der Waals surface area contributed by atoms with Crippen LogP contribution in [0.5, 0.6) is 0 Å². The van der Waals surface area contributed by atoms with Gasteiger partial charge in [-0.05, 0) is 37.1 Å². The van der Waals surface area contributed by atoms with E-state index in [9.17, 15) is 4.39 Å². The first-order valence-corrected chi connectivity index (χ1v) is 6.38. The summed E-state index contributed by atoms with van der Waals surface area (Å²) in [5, 5.41) is 12.0. The van der Waals surface area contributed by atoms with Crippen molar-refractivity contribution in [3.05, 3.63) is 65.0 Å². The zero-order valence-corrected chi connectivity index (χ0v) is 11.0. The van der Waals surface area contributed by atoms with Crippen LogP contribution in [0.4, 0.5) is 10.1 Å². The Labute approximate surface area is 112 Å². The first-order chi connectivity index (χ1) is 9.19. The highest BCUT2D eigenvalue weighted by atomic mass is 19.1. The Bertz CT molecular complexity index is 537. The molecule has 0 unspecified atom stereocenters. The SMILES string of the molecule is Cc1ccc(F)c(CNc2ccc(CCO)cc2)c1. The van der Waals surface area contributed by atoms with Crippen molar-refractivity contribution in [1.29, 1.82) is 0 Å². The fraction of sp³-hybridized carbons (Fsp3) is 0.250. The van der Waals surface area contributed by atoms with E-state index in [1.54, 1.807) is 6.07 Å². The zero-order valence-electron chi connectivity index (χ0n) is 11.0. The second kappa shape index (κ2) is 6.34. The van der Waals surface area contributed by atoms with Gasteiger partial charge >= 0.3 is 0 Å². The number of halogens is 1. The molecule has 0 aliphatic carbocycles. The van der Waals surface area contributed by atoms with Gasteiger partial charge in [-0.25, -0.2) is 4.39 Å². The van der Waals surface area contributed by atoms with E-state index >= 15 is 0 Å². The minimum absolute atomic E-state index is 0.154. The van der Waals surface area contributed by atoms with Crippen molar-refractivity contribution in [2.45, 2.75) is 19.9 Å². The van der Waals surface area contributed by atoms with E-state index in [0.29, 0.717) is 18.5 Å². The zero-order chi connectivity index (χ0) is 13.7. The van der Waals surface area contributed by atoms with Crippen LogP contribution in [-0.2, 0) is 13.0 Å². The molecule has 2 aromatic carbocycles. The van der Waals surface area contributed by atoms with Crippen LogP contribution in [0.25, 0.3) is 0 Å². The number of rotatable bonds is 5. The Kier molecular flexibility index (Phi) is 4.53. The predicted octanol–water partition coefficient (Wildman–Crippen LogP) is 3.28. The lowest BCUT2D eigenvalue weighted by Crippen LogP contribution is -2.02. The second-order valence-corrected chi connectivity index (χ2v) is 4.62. The highest BCUT2D eigenvalue weighted by Crippen LogP contribution is 2.14. The van der Waals surface area contributed by atoms with E-state index in [-0.39, 0.29) is 12.4 Å². The van der Waals surface area contributed by atoms with Crippen LogP contribution in [0.1, 0.15) is 16.7 Å². The predicted molar refractivity (Wildman–Crippen MR) is 75.7 cm³/mol. The van der Waals surface area contributed by atoms with Gasteiger partial charge in [0.15, 0.2) is 0 Å². The maximum Gasteiger partial charge on any atom is 0.128 e. The molecule has 0 spiro atoms. The molecule has 2 rings (SSSR count). The van der Waals surface area contributed by atoms with Gasteiger partial charge in [-0.1, -0.05) is 29.8 Å². The van der Waals surface area contributed by atoms with Crippen molar-refractivity contribution in [2.24, 2.45) is 0 Å². The largest absolute Gasteiger partial charge is 0.396 e. The molecule has 0 heterocycles. The van der Waals surface area contributed by atoms with Crippen molar-refractivity contribution < 1.29 is 9.50 Å². The lowest BCUT2D eigenvalue weighted by Gasteiger charge is -2.09. The van der Waals surface area contributed by atoms with Gasteiger partial charge in [0.2, 0.25) is 0 Å². The molecule has 0 aliphatic heterocycles. The quantitative estimate of drug-likeness (QED) is 0.863. The molecular formula is C16H18FNO. The smallest absolute Gasteiger partial charge is 0.128 e. The Hall–Kier alpha value is -1.87. The van der Waals surface area contributed by atoms with Crippen molar-refractivity contribution >= 4 is 5.69 Å². The van der Waals surface area contributed by atoms with Crippen molar-refractivity contribution in [1.82, 2.24) is 0 Å². The standard InChI is InChI=1S/C16H18FNO/c1-12-2-7-16(17)14(10-12)11-18-15-5-3-13(4-6-15)8-9-19/h2-7,10,18-19H,8-9,11H2,1H3. The minimum atomic E-state index is -0.185. The number of nitrogens with one attached hydrogen (secondary N) is 1. The third kappa shape index (κ3) is 3.80. The van der Waals surface area contributed by atoms with Crippen LogP contribution in [0.15, 0.2) is 42.5 Å². The molecule has 0 atom stereocenters. The van der Waals surface area contributed by atoms with Crippen LogP contribution in [0, 0.1) is 12.7 Å². The first kappa shape index (κ1) is 13.6. The topological polar surface area (TPSA) is 32.3 Å². The highest BCUT2D eigenvalue weighted by molar-refractivity contribution is 5.45. The van der Waals surface area contributed by atoms with Crippen molar-refractivity contribution in [2.75, 3.05) is 11.9 Å². The maximum absolute atomic E-state index is 13.6. The average Bonchev–Trinajstić information content (AvgIpc) is 2.42. The monoisotopic (exact) mass is 259 g/mol. The number of hydrogen-bond acceptors (Lipinski definition) is 2. The third-order valence-electron chi connectivity index (χ3n) is 3.04. The average molecular weight is 259 g/mol. The molecule has 2 nitrogen and oxygen atoms in total. The summed E-state index contributed by atoms with van der Waals surface area (Å²) in [6.45, 7) is 2.57. The van der Waals surface area contributed by atoms with Gasteiger partial charge in [-0.3, -0.25) is 0 Å². The third-order valence-corrected chi connectivity index (χ3v) is 3.04. The molecule has 2 N–H and O–H groups in total. The van der Waals surface area contributed by atoms with Gasteiger partial charge in [0.1, 0.15) is 5.82 Å². The molecule has 19 heavy (non-hydrogen) atoms. The van der Waals surface area contributed by atoms with Crippen LogP contribution in [0.2, 0.25) is 0 Å². The van der Waals surface area contributed by atoms with Crippen molar-refractivity contribution in [3.8, 4) is 0 Å². The first-order valence-electron chi connectivity index (χ1n) is 6.38. The molecule has 0 amide bonds. The number of benzene rings is 2. The van der Waals surface area contributed by atoms with Crippen molar-refractivity contribution in [3.63, 3.8) is 0 Å². The summed E-state index contributed by atoms with van der Waals surface area (Å²) in [5.41, 5.74) is 3.76. The van der Waals surface area contributed by atoms with E-state index in [0.717, 1.165) is 16.8 Å². The summed E-state index contributed by atoms with van der Waals surface area (Å²) in [4.78, 5) is 0. The molecule has 100 valence electrons. The van der Waals surface area contributed by atoms with Crippen LogP contribution < -0.4 is 5.32 Å². The van der Waals surface area contributed by atoms with Crippen LogP contribution >= 0.6 is 0 Å². The van der Waals surface area contributed by atoms with E-state index in [4.69, 9.17) is 5.11 Å². The summed E-state index contributed by atoms with van der Waals surface area (Å²) in [6.07, 6.45) is 0.660. The van der Waals surface area contributed by atoms with Crippen LogP contribution in [0.3, 0.4) is 0 Å². The van der Waals surface area contributed by atoms with Gasteiger partial charge in [0.25, 0.3) is 0 Å². The molecule has 0 saturated carbocycles. The molecule has 0 bridgehead atoms. The maximum atomic E-state index is 13.6. The van der Waals surface area contributed by atoms with Gasteiger partial charge in [-0.2, -0.15) is 0 Å². The lowest BCUT2D eigenvalue weighted by molar-refractivity contribution is 0.299. The van der Waals surface area contributed by atoms with Gasteiger partial charge in [0.05, 0.1) is 0 Å². The molecule has 0 radical (unpaired) electrons. The summed E-state index contributed by atoms with van der Waals surface area (Å²) in [6, 6.07) is 12.9. The molecule has 0 saturated heterocycles. The lowest BCUT2D eigenvalue weighted by atomic mass is 10.1. The number of anilines is 1. The van der Waals surface area contributed by atoms with E-state index in [1.807, 2.05) is 37.3 Å². The fourth-order valence-corrected chi connectivity index (χ4v) is 1.95. The fourth-order valence-electron chi connectivity index (χ4n) is 1.95. The van der Waals surface area contributed by atoms with E-state index < -0.39 is 0 Å². The summed E-state index contributed by atoms with van der Waals surface area (Å²) < 4.78 is 13.6. The number of aliphatic hydroxyl groups excluding tert-OH is 1. The Morgan fingerprint density at radius 2 is 1.84 bits per heavy atom. The Balaban J connectivity index is 2.00. The van der Waals surface area contributed by atoms with Gasteiger partial charge in [0, 0.05) is 24.4 Å². The molecule has 0 aliphatic rings. The second-order valence-electron chi connectivity index (χ2n) is 4.62. The molecule has 0 fully saturated rings. The van der Waals surface area contributed by atoms with E-state index in [2.05, 4.69) is 5.32 Å². The summed E-state index contributed by atoms with van der Waals surface area (Å²) in [5.74, 6) is -0.185. The van der Waals surface area contributed by atoms with E-state index in [1.165, 1.54) is 6.07 Å². The minimum Gasteiger partial charge on any atom is -0.396 e. The van der Waals surface area contributed by atoms with Gasteiger partial charge in [-0.15, -0.1) is 0 Å². The number of aliphatic hydroxyl groups is 1. The summed E-state index contributed by atoms with van der Waals surface area (Å²) in [7, 11) is 0. The van der Waals surface area contributed by atoms with Gasteiger partial charge < -0.3 is 10.4 Å². The Morgan fingerprint density at radius 3 is 2.53 bits per heavy atom. The molecular weight excluding hydrogens is 241 g/mol. The summed E-state index contributed by atoms with van der Waals surface area (Å²) >= 11 is 0. The van der Waals surface area contributed by atoms with Crippen LogP contribution in [-0.4, -0.2) is 11.7 Å². The number of aryl methyl sites for hydroxylation is 1. The molecule has 2 aromatic rings. The Morgan fingerprint density at radius 1 is 1.11 bits per heavy atom. The molecule has 0 aromatic heterocycles. The molecule has 3 heteroatoms.